The van der Waals surface area contributed by atoms with Crippen molar-refractivity contribution < 1.29 is 13.9 Å². The quantitative estimate of drug-likeness (QED) is 0.603. The van der Waals surface area contributed by atoms with Crippen LogP contribution < -0.4 is 11.4 Å². The molecule has 0 spiro atoms. The molecule has 0 saturated carbocycles. The summed E-state index contributed by atoms with van der Waals surface area (Å²) < 4.78 is 21.7. The van der Waals surface area contributed by atoms with E-state index in [-0.39, 0.29) is 22.0 Å². The van der Waals surface area contributed by atoms with Gasteiger partial charge in [-0.25, -0.2) is 23.3 Å². The molecule has 0 amide bonds. The van der Waals surface area contributed by atoms with Crippen LogP contribution in [0.25, 0.3) is 5.69 Å². The van der Waals surface area contributed by atoms with Crippen molar-refractivity contribution in [3.8, 4) is 5.69 Å². The molecule has 0 aliphatic rings. The molecule has 0 bridgehead atoms. The van der Waals surface area contributed by atoms with E-state index in [1.165, 1.54) is 14.1 Å². The van der Waals surface area contributed by atoms with Gasteiger partial charge in [0.1, 0.15) is 5.82 Å². The van der Waals surface area contributed by atoms with Crippen LogP contribution in [0, 0.1) is 10.6 Å². The van der Waals surface area contributed by atoms with Crippen molar-refractivity contribution >= 4 is 29.8 Å². The minimum atomic E-state index is -0.940. The minimum absolute atomic E-state index is 0.0266. The Morgan fingerprint density at radius 2 is 1.79 bits per heavy atom. The number of hydrogen-bond acceptors (Lipinski definition) is 5. The van der Waals surface area contributed by atoms with Gasteiger partial charge in [-0.05, 0) is 31.3 Å². The molecular formula is C14H13ClFN3O4S. The molecule has 10 heteroatoms. The number of aromatic nitrogens is 3. The second-order valence-electron chi connectivity index (χ2n) is 4.81. The molecule has 0 unspecified atom stereocenters. The van der Waals surface area contributed by atoms with Crippen molar-refractivity contribution in [1.29, 1.82) is 0 Å². The van der Waals surface area contributed by atoms with Crippen molar-refractivity contribution in [3.63, 3.8) is 0 Å². The van der Waals surface area contributed by atoms with Crippen LogP contribution in [0.1, 0.15) is 17.3 Å². The van der Waals surface area contributed by atoms with Crippen LogP contribution in [-0.4, -0.2) is 26.3 Å². The fourth-order valence-corrected chi connectivity index (χ4v) is 2.43. The molecule has 1 aromatic carbocycles. The molecule has 1 heterocycles. The predicted molar refractivity (Wildman–Crippen MR) is 88.0 cm³/mol. The number of nitrogens with zero attached hydrogens (tertiary/aromatic N) is 3. The first-order valence-corrected chi connectivity index (χ1v) is 7.54. The van der Waals surface area contributed by atoms with Gasteiger partial charge in [0.25, 0.3) is 0 Å². The lowest BCUT2D eigenvalue weighted by Gasteiger charge is -2.13. The standard InChI is InChI=1S/C14H13ClFN3O4S/c1-4-23-11(20)7-5-10(9(16)6-8(7)15)19-12(21)17(2)14(24)18(3)13(19)22/h5-6H,4H2,1-3H3. The van der Waals surface area contributed by atoms with E-state index in [1.807, 2.05) is 0 Å². The van der Waals surface area contributed by atoms with Crippen LogP contribution >= 0.6 is 23.8 Å². The first kappa shape index (κ1) is 18.1. The Balaban J connectivity index is 2.87. The number of carbonyl (C=O) groups excluding carboxylic acids is 1. The maximum atomic E-state index is 14.3. The third-order valence-corrected chi connectivity index (χ3v) is 4.16. The van der Waals surface area contributed by atoms with Gasteiger partial charge >= 0.3 is 17.3 Å². The van der Waals surface area contributed by atoms with Gasteiger partial charge < -0.3 is 4.74 Å². The van der Waals surface area contributed by atoms with E-state index < -0.39 is 28.9 Å². The summed E-state index contributed by atoms with van der Waals surface area (Å²) in [5.74, 6) is -1.73. The Hall–Kier alpha value is -2.26. The van der Waals surface area contributed by atoms with E-state index in [1.54, 1.807) is 6.92 Å². The van der Waals surface area contributed by atoms with Gasteiger partial charge in [0.05, 0.1) is 22.9 Å². The molecule has 24 heavy (non-hydrogen) atoms. The maximum absolute atomic E-state index is 14.3. The van der Waals surface area contributed by atoms with Crippen LogP contribution in [0.2, 0.25) is 5.02 Å². The van der Waals surface area contributed by atoms with Crippen LogP contribution in [-0.2, 0) is 18.8 Å². The molecule has 128 valence electrons. The number of halogens is 2. The van der Waals surface area contributed by atoms with Crippen LogP contribution in [0.15, 0.2) is 21.7 Å². The Kier molecular flexibility index (Phi) is 5.05. The van der Waals surface area contributed by atoms with Crippen molar-refractivity contribution in [2.75, 3.05) is 6.61 Å². The van der Waals surface area contributed by atoms with Crippen LogP contribution in [0.3, 0.4) is 0 Å². The zero-order valence-corrected chi connectivity index (χ0v) is 14.6. The van der Waals surface area contributed by atoms with Gasteiger partial charge in [-0.2, -0.15) is 0 Å². The summed E-state index contributed by atoms with van der Waals surface area (Å²) >= 11 is 10.8. The highest BCUT2D eigenvalue weighted by Gasteiger charge is 2.20. The van der Waals surface area contributed by atoms with Crippen molar-refractivity contribution in [3.05, 3.63) is 54.3 Å². The molecular weight excluding hydrogens is 361 g/mol. The van der Waals surface area contributed by atoms with Gasteiger partial charge in [0.2, 0.25) is 0 Å². The molecule has 0 aliphatic carbocycles. The molecule has 0 fully saturated rings. The maximum Gasteiger partial charge on any atom is 0.339 e. The molecule has 0 saturated heterocycles. The second-order valence-corrected chi connectivity index (χ2v) is 5.58. The topological polar surface area (TPSA) is 75.2 Å². The monoisotopic (exact) mass is 373 g/mol. The Labute approximate surface area is 145 Å². The normalized spacial score (nSPS) is 10.7. The number of hydrogen-bond donors (Lipinski definition) is 0. The predicted octanol–water partition coefficient (Wildman–Crippen LogP) is 1.57. The minimum Gasteiger partial charge on any atom is -0.462 e. The van der Waals surface area contributed by atoms with Crippen LogP contribution in [0.5, 0.6) is 0 Å². The SMILES string of the molecule is CCOC(=O)c1cc(-n2c(=O)n(C)c(=S)n(C)c2=O)c(F)cc1Cl. The zero-order valence-electron chi connectivity index (χ0n) is 13.0. The second kappa shape index (κ2) is 6.70. The fraction of sp³-hybridized carbons (Fsp3) is 0.286. The lowest BCUT2D eigenvalue weighted by molar-refractivity contribution is 0.0526. The molecule has 7 nitrogen and oxygen atoms in total. The smallest absolute Gasteiger partial charge is 0.339 e. The van der Waals surface area contributed by atoms with Gasteiger partial charge in [-0.15, -0.1) is 0 Å². The zero-order chi connectivity index (χ0) is 18.2. The first-order chi connectivity index (χ1) is 11.2. The summed E-state index contributed by atoms with van der Waals surface area (Å²) in [4.78, 5) is 36.6. The lowest BCUT2D eigenvalue weighted by Crippen LogP contribution is -2.43. The molecule has 0 N–H and O–H groups in total. The largest absolute Gasteiger partial charge is 0.462 e. The Morgan fingerprint density at radius 3 is 2.29 bits per heavy atom. The number of ether oxygens (including phenoxy) is 1. The van der Waals surface area contributed by atoms with Gasteiger partial charge in [0.15, 0.2) is 4.77 Å². The molecule has 2 rings (SSSR count). The third kappa shape index (κ3) is 2.92. The van der Waals surface area contributed by atoms with Gasteiger partial charge in [0, 0.05) is 14.1 Å². The van der Waals surface area contributed by atoms with Crippen LogP contribution in [0.4, 0.5) is 4.39 Å². The fourth-order valence-electron chi connectivity index (χ4n) is 2.05. The van der Waals surface area contributed by atoms with E-state index in [2.05, 4.69) is 0 Å². The number of esters is 1. The highest BCUT2D eigenvalue weighted by molar-refractivity contribution is 7.71. The average molecular weight is 374 g/mol. The number of rotatable bonds is 3. The summed E-state index contributed by atoms with van der Waals surface area (Å²) in [6, 6.07) is 1.85. The summed E-state index contributed by atoms with van der Waals surface area (Å²) in [6.45, 7) is 1.68. The van der Waals surface area contributed by atoms with Crippen molar-refractivity contribution in [2.45, 2.75) is 6.92 Å². The molecule has 0 radical (unpaired) electrons. The summed E-state index contributed by atoms with van der Waals surface area (Å²) in [5.41, 5.74) is -2.27. The third-order valence-electron chi connectivity index (χ3n) is 3.30. The van der Waals surface area contributed by atoms with E-state index in [0.29, 0.717) is 4.57 Å². The Bertz CT molecular complexity index is 969. The lowest BCUT2D eigenvalue weighted by atomic mass is 10.2. The van der Waals surface area contributed by atoms with E-state index >= 15 is 0 Å². The highest BCUT2D eigenvalue weighted by Crippen LogP contribution is 2.23. The highest BCUT2D eigenvalue weighted by atomic mass is 35.5. The van der Waals surface area contributed by atoms with Gasteiger partial charge in [-0.3, -0.25) is 9.13 Å². The molecule has 0 aliphatic heterocycles. The van der Waals surface area contributed by atoms with Crippen molar-refractivity contribution in [1.82, 2.24) is 13.7 Å². The summed E-state index contributed by atoms with van der Waals surface area (Å²) in [6.07, 6.45) is 0. The number of carbonyl (C=O) groups is 1. The molecule has 1 aromatic heterocycles. The first-order valence-electron chi connectivity index (χ1n) is 6.76. The number of benzene rings is 1. The van der Waals surface area contributed by atoms with E-state index in [9.17, 15) is 18.8 Å². The molecule has 0 atom stereocenters. The van der Waals surface area contributed by atoms with Crippen molar-refractivity contribution in [2.24, 2.45) is 14.1 Å². The summed E-state index contributed by atoms with van der Waals surface area (Å²) in [7, 11) is 2.70. The molecule has 2 aromatic rings. The van der Waals surface area contributed by atoms with E-state index in [0.717, 1.165) is 21.3 Å². The Morgan fingerprint density at radius 1 is 1.25 bits per heavy atom. The summed E-state index contributed by atoms with van der Waals surface area (Å²) in [5, 5.41) is -0.191. The van der Waals surface area contributed by atoms with Gasteiger partial charge in [-0.1, -0.05) is 11.6 Å². The average Bonchev–Trinajstić information content (AvgIpc) is 2.53. The van der Waals surface area contributed by atoms with E-state index in [4.69, 9.17) is 28.6 Å².